The second-order valence-electron chi connectivity index (χ2n) is 9.44. The molecule has 2 fully saturated rings. The summed E-state index contributed by atoms with van der Waals surface area (Å²) < 4.78 is 10.7. The largest absolute Gasteiger partial charge is 0.495 e. The van der Waals surface area contributed by atoms with Crippen LogP contribution in [0.3, 0.4) is 0 Å². The minimum atomic E-state index is -0.111. The fourth-order valence-electron chi connectivity index (χ4n) is 5.13. The molecule has 2 unspecified atom stereocenters. The molecule has 2 atom stereocenters. The molecule has 2 aliphatic heterocycles. The Balaban J connectivity index is 1.28. The summed E-state index contributed by atoms with van der Waals surface area (Å²) in [6.45, 7) is 10.9. The third kappa shape index (κ3) is 5.86. The topological polar surface area (TPSA) is 48.5 Å². The van der Waals surface area contributed by atoms with Crippen LogP contribution in [0.15, 0.2) is 36.4 Å². The van der Waals surface area contributed by atoms with Gasteiger partial charge in [0.05, 0.1) is 36.3 Å². The van der Waals surface area contributed by atoms with E-state index >= 15 is 0 Å². The number of nitrogens with zero attached hydrogens (tertiary/aromatic N) is 4. The Labute approximate surface area is 224 Å². The van der Waals surface area contributed by atoms with E-state index in [1.165, 1.54) is 0 Å². The highest BCUT2D eigenvalue weighted by atomic mass is 35.5. The van der Waals surface area contributed by atoms with E-state index in [1.54, 1.807) is 14.2 Å². The summed E-state index contributed by atoms with van der Waals surface area (Å²) in [5, 5.41) is 1.23. The van der Waals surface area contributed by atoms with Gasteiger partial charge in [-0.3, -0.25) is 14.6 Å². The number of hydrogen-bond donors (Lipinski definition) is 0. The molecule has 4 rings (SSSR count). The number of anilines is 2. The van der Waals surface area contributed by atoms with Crippen molar-refractivity contribution in [2.45, 2.75) is 25.9 Å². The molecule has 0 bridgehead atoms. The molecular formula is C27H36Cl2N4O3. The van der Waals surface area contributed by atoms with E-state index in [0.717, 1.165) is 63.7 Å². The third-order valence-electron chi connectivity index (χ3n) is 7.55. The Morgan fingerprint density at radius 2 is 1.06 bits per heavy atom. The maximum absolute atomic E-state index is 13.4. The highest BCUT2D eigenvalue weighted by Crippen LogP contribution is 2.31. The molecule has 36 heavy (non-hydrogen) atoms. The van der Waals surface area contributed by atoms with Crippen LogP contribution >= 0.6 is 23.2 Å². The van der Waals surface area contributed by atoms with Crippen molar-refractivity contribution in [3.63, 3.8) is 0 Å². The molecule has 0 radical (unpaired) electrons. The molecule has 9 heteroatoms. The lowest BCUT2D eigenvalue weighted by atomic mass is 10.0. The zero-order valence-electron chi connectivity index (χ0n) is 21.5. The van der Waals surface area contributed by atoms with E-state index in [0.29, 0.717) is 27.3 Å². The van der Waals surface area contributed by atoms with Crippen LogP contribution in [0, 0.1) is 0 Å². The fraction of sp³-hybridized carbons (Fsp3) is 0.519. The minimum absolute atomic E-state index is 0.111. The van der Waals surface area contributed by atoms with Gasteiger partial charge in [-0.15, -0.1) is 0 Å². The highest BCUT2D eigenvalue weighted by Gasteiger charge is 2.32. The number of piperazine rings is 2. The molecule has 2 aromatic carbocycles. The number of benzene rings is 2. The molecule has 0 aliphatic carbocycles. The Morgan fingerprint density at radius 1 is 0.694 bits per heavy atom. The molecule has 0 N–H and O–H groups in total. The van der Waals surface area contributed by atoms with Gasteiger partial charge in [0.15, 0.2) is 5.78 Å². The maximum atomic E-state index is 13.4. The number of halogens is 2. The number of rotatable bonds is 8. The molecule has 0 saturated carbocycles. The van der Waals surface area contributed by atoms with Crippen molar-refractivity contribution in [2.24, 2.45) is 0 Å². The number of carbonyl (C=O) groups is 1. The third-order valence-corrected chi connectivity index (χ3v) is 8.17. The molecule has 0 amide bonds. The van der Waals surface area contributed by atoms with Crippen molar-refractivity contribution in [1.29, 1.82) is 0 Å². The fourth-order valence-corrected chi connectivity index (χ4v) is 5.52. The van der Waals surface area contributed by atoms with Gasteiger partial charge in [-0.25, -0.2) is 0 Å². The van der Waals surface area contributed by atoms with Crippen molar-refractivity contribution in [1.82, 2.24) is 9.80 Å². The predicted molar refractivity (Wildman–Crippen MR) is 148 cm³/mol. The first-order chi connectivity index (χ1) is 17.3. The van der Waals surface area contributed by atoms with Crippen molar-refractivity contribution in [3.8, 4) is 11.5 Å². The van der Waals surface area contributed by atoms with Gasteiger partial charge in [0.1, 0.15) is 11.5 Å². The van der Waals surface area contributed by atoms with Crippen LogP contribution in [0.4, 0.5) is 11.4 Å². The summed E-state index contributed by atoms with van der Waals surface area (Å²) >= 11 is 12.4. The standard InChI is InChI=1S/C27H36Cl2N4O3/c1-19(30-9-13-32(14-10-30)21-5-7-23(28)25(17-21)35-3)27(34)20(2)31-11-15-33(16-12-31)22-6-8-24(29)26(18-22)36-4/h5-8,17-20H,9-16H2,1-4H3. The second kappa shape index (κ2) is 11.9. The Morgan fingerprint density at radius 3 is 1.39 bits per heavy atom. The SMILES string of the molecule is COc1cc(N2CCN(C(C)C(=O)C(C)N3CCN(c4ccc(Cl)c(OC)c4)CC3)CC2)ccc1Cl. The highest BCUT2D eigenvalue weighted by molar-refractivity contribution is 6.32. The molecule has 2 aromatic rings. The summed E-state index contributed by atoms with van der Waals surface area (Å²) in [4.78, 5) is 22.7. The average Bonchev–Trinajstić information content (AvgIpc) is 2.92. The van der Waals surface area contributed by atoms with Crippen molar-refractivity contribution in [2.75, 3.05) is 76.4 Å². The summed E-state index contributed by atoms with van der Waals surface area (Å²) in [5.74, 6) is 1.66. The quantitative estimate of drug-likeness (QED) is 0.500. The van der Waals surface area contributed by atoms with Gasteiger partial charge in [0.25, 0.3) is 0 Å². The van der Waals surface area contributed by atoms with Crippen LogP contribution in [0.25, 0.3) is 0 Å². The zero-order valence-corrected chi connectivity index (χ0v) is 23.1. The normalized spacial score (nSPS) is 19.2. The maximum Gasteiger partial charge on any atom is 0.166 e. The Kier molecular flexibility index (Phi) is 8.88. The number of hydrogen-bond acceptors (Lipinski definition) is 7. The van der Waals surface area contributed by atoms with Gasteiger partial charge in [-0.05, 0) is 38.1 Å². The number of ketones is 1. The molecule has 2 heterocycles. The average molecular weight is 536 g/mol. The van der Waals surface area contributed by atoms with E-state index in [-0.39, 0.29) is 12.1 Å². The van der Waals surface area contributed by atoms with E-state index in [4.69, 9.17) is 32.7 Å². The van der Waals surface area contributed by atoms with Gasteiger partial charge >= 0.3 is 0 Å². The minimum Gasteiger partial charge on any atom is -0.495 e. The molecule has 196 valence electrons. The predicted octanol–water partition coefficient (Wildman–Crippen LogP) is 4.30. The molecule has 0 spiro atoms. The van der Waals surface area contributed by atoms with Crippen LogP contribution in [-0.4, -0.2) is 94.2 Å². The monoisotopic (exact) mass is 534 g/mol. The smallest absolute Gasteiger partial charge is 0.166 e. The van der Waals surface area contributed by atoms with E-state index in [9.17, 15) is 4.79 Å². The number of methoxy groups -OCH3 is 2. The first kappa shape index (κ1) is 26.9. The summed E-state index contributed by atoms with van der Waals surface area (Å²) in [5.41, 5.74) is 2.19. The van der Waals surface area contributed by atoms with E-state index in [1.807, 2.05) is 36.4 Å². The summed E-state index contributed by atoms with van der Waals surface area (Å²) in [6, 6.07) is 11.5. The van der Waals surface area contributed by atoms with Crippen LogP contribution in [0.5, 0.6) is 11.5 Å². The second-order valence-corrected chi connectivity index (χ2v) is 10.3. The summed E-state index contributed by atoms with van der Waals surface area (Å²) in [6.07, 6.45) is 0. The molecule has 2 aliphatic rings. The van der Waals surface area contributed by atoms with Gasteiger partial charge in [-0.1, -0.05) is 23.2 Å². The molecular weight excluding hydrogens is 499 g/mol. The van der Waals surface area contributed by atoms with Gasteiger partial charge in [-0.2, -0.15) is 0 Å². The Hall–Kier alpha value is -2.19. The first-order valence-corrected chi connectivity index (χ1v) is 13.3. The van der Waals surface area contributed by atoms with Crippen LogP contribution < -0.4 is 19.3 Å². The lowest BCUT2D eigenvalue weighted by molar-refractivity contribution is -0.128. The number of carbonyl (C=O) groups excluding carboxylic acids is 1. The van der Waals surface area contributed by atoms with Gasteiger partial charge in [0, 0.05) is 75.9 Å². The van der Waals surface area contributed by atoms with E-state index in [2.05, 4.69) is 33.4 Å². The van der Waals surface area contributed by atoms with Crippen molar-refractivity contribution >= 4 is 40.4 Å². The van der Waals surface area contributed by atoms with Gasteiger partial charge in [0.2, 0.25) is 0 Å². The molecule has 7 nitrogen and oxygen atoms in total. The van der Waals surface area contributed by atoms with E-state index < -0.39 is 0 Å². The van der Waals surface area contributed by atoms with Crippen LogP contribution in [-0.2, 0) is 4.79 Å². The van der Waals surface area contributed by atoms with Crippen LogP contribution in [0.2, 0.25) is 10.0 Å². The van der Waals surface area contributed by atoms with Crippen molar-refractivity contribution in [3.05, 3.63) is 46.4 Å². The van der Waals surface area contributed by atoms with Crippen LogP contribution in [0.1, 0.15) is 13.8 Å². The first-order valence-electron chi connectivity index (χ1n) is 12.5. The Bertz CT molecular complexity index is 972. The molecule has 0 aromatic heterocycles. The summed E-state index contributed by atoms with van der Waals surface area (Å²) in [7, 11) is 3.26. The van der Waals surface area contributed by atoms with Crippen molar-refractivity contribution < 1.29 is 14.3 Å². The van der Waals surface area contributed by atoms with Gasteiger partial charge < -0.3 is 19.3 Å². The lowest BCUT2D eigenvalue weighted by Gasteiger charge is -2.42. The zero-order chi connectivity index (χ0) is 25.8. The molecule has 2 saturated heterocycles. The number of ether oxygens (including phenoxy) is 2. The number of Topliss-reactive ketones (excluding diaryl/α,β-unsaturated/α-hetero) is 1. The lowest BCUT2D eigenvalue weighted by Crippen LogP contribution is -2.57.